The van der Waals surface area contributed by atoms with E-state index < -0.39 is 11.9 Å². The number of ether oxygens (including phenoxy) is 1. The van der Waals surface area contributed by atoms with E-state index in [4.69, 9.17) is 10.2 Å². The van der Waals surface area contributed by atoms with E-state index in [1.807, 2.05) is 0 Å². The Balaban J connectivity index is 2.46. The van der Waals surface area contributed by atoms with E-state index in [-0.39, 0.29) is 12.2 Å². The third kappa shape index (κ3) is 3.49. The monoisotopic (exact) mass is 224 g/mol. The minimum absolute atomic E-state index is 0.210. The maximum atomic E-state index is 11.3. The van der Waals surface area contributed by atoms with Gasteiger partial charge in [0.2, 0.25) is 0 Å². The smallest absolute Gasteiger partial charge is 0.332 e. The number of carbonyl (C=O) groups is 2. The number of rotatable bonds is 4. The number of hydrogen-bond acceptors (Lipinski definition) is 5. The second-order valence-corrected chi connectivity index (χ2v) is 2.88. The highest BCUT2D eigenvalue weighted by Crippen LogP contribution is 1.98. The van der Waals surface area contributed by atoms with Crippen molar-refractivity contribution in [2.75, 3.05) is 7.11 Å². The van der Waals surface area contributed by atoms with Crippen molar-refractivity contribution in [1.82, 2.24) is 5.32 Å². The predicted octanol–water partition coefficient (Wildman–Crippen LogP) is -0.0886. The summed E-state index contributed by atoms with van der Waals surface area (Å²) in [6.45, 7) is 0.210. The maximum Gasteiger partial charge on any atom is 0.332 e. The van der Waals surface area contributed by atoms with E-state index in [1.165, 1.54) is 13.4 Å². The van der Waals surface area contributed by atoms with E-state index in [9.17, 15) is 9.59 Å². The normalized spacial score (nSPS) is 10.9. The molecule has 1 rings (SSSR count). The molecule has 0 radical (unpaired) electrons. The summed E-state index contributed by atoms with van der Waals surface area (Å²) in [4.78, 5) is 22.1. The third-order valence-electron chi connectivity index (χ3n) is 1.74. The molecule has 3 N–H and O–H groups in total. The molecule has 6 nitrogen and oxygen atoms in total. The first-order chi connectivity index (χ1) is 7.63. The summed E-state index contributed by atoms with van der Waals surface area (Å²) in [6.07, 6.45) is 2.41. The molecule has 0 spiro atoms. The number of nitrogens with two attached hydrogens (primary N) is 1. The van der Waals surface area contributed by atoms with Gasteiger partial charge in [-0.3, -0.25) is 4.79 Å². The molecule has 0 saturated heterocycles. The van der Waals surface area contributed by atoms with Crippen molar-refractivity contribution in [2.45, 2.75) is 6.54 Å². The van der Waals surface area contributed by atoms with Gasteiger partial charge in [0.25, 0.3) is 5.91 Å². The van der Waals surface area contributed by atoms with Gasteiger partial charge >= 0.3 is 5.97 Å². The van der Waals surface area contributed by atoms with Crippen LogP contribution in [0.25, 0.3) is 0 Å². The van der Waals surface area contributed by atoms with Crippen LogP contribution < -0.4 is 11.1 Å². The number of amides is 1. The second-order valence-electron chi connectivity index (χ2n) is 2.88. The Bertz CT molecular complexity index is 395. The van der Waals surface area contributed by atoms with Gasteiger partial charge in [0, 0.05) is 0 Å². The van der Waals surface area contributed by atoms with Crippen LogP contribution in [-0.4, -0.2) is 19.0 Å². The zero-order chi connectivity index (χ0) is 12.0. The lowest BCUT2D eigenvalue weighted by molar-refractivity contribution is -0.135. The first-order valence-electron chi connectivity index (χ1n) is 4.49. The fraction of sp³-hybridized carbons (Fsp3) is 0.200. The van der Waals surface area contributed by atoms with Crippen LogP contribution in [0.15, 0.2) is 34.6 Å². The van der Waals surface area contributed by atoms with Crippen LogP contribution in [-0.2, 0) is 20.9 Å². The van der Waals surface area contributed by atoms with Crippen molar-refractivity contribution in [3.05, 3.63) is 35.9 Å². The molecule has 1 aromatic rings. The Morgan fingerprint density at radius 2 is 2.38 bits per heavy atom. The minimum Gasteiger partial charge on any atom is -0.467 e. The lowest BCUT2D eigenvalue weighted by atomic mass is 10.3. The number of carbonyl (C=O) groups excluding carboxylic acids is 2. The summed E-state index contributed by atoms with van der Waals surface area (Å²) < 4.78 is 9.33. The van der Waals surface area contributed by atoms with Gasteiger partial charge in [-0.1, -0.05) is 0 Å². The van der Waals surface area contributed by atoms with Crippen LogP contribution in [0.5, 0.6) is 0 Å². The molecule has 0 aromatic carbocycles. The molecule has 16 heavy (non-hydrogen) atoms. The van der Waals surface area contributed by atoms with Gasteiger partial charge < -0.3 is 20.2 Å². The summed E-state index contributed by atoms with van der Waals surface area (Å²) >= 11 is 0. The largest absolute Gasteiger partial charge is 0.467 e. The van der Waals surface area contributed by atoms with Gasteiger partial charge in [0.05, 0.1) is 26.0 Å². The summed E-state index contributed by atoms with van der Waals surface area (Å²) in [7, 11) is 1.20. The van der Waals surface area contributed by atoms with Crippen molar-refractivity contribution < 1.29 is 18.7 Å². The maximum absolute atomic E-state index is 11.3. The van der Waals surface area contributed by atoms with E-state index in [0.29, 0.717) is 5.76 Å². The van der Waals surface area contributed by atoms with Crippen molar-refractivity contribution in [3.8, 4) is 0 Å². The van der Waals surface area contributed by atoms with E-state index in [1.54, 1.807) is 12.1 Å². The number of hydrogen-bond donors (Lipinski definition) is 2. The van der Waals surface area contributed by atoms with Gasteiger partial charge in [0.15, 0.2) is 0 Å². The van der Waals surface area contributed by atoms with Crippen LogP contribution in [0.3, 0.4) is 0 Å². The summed E-state index contributed by atoms with van der Waals surface area (Å²) in [6, 6.07) is 3.41. The number of furan rings is 1. The summed E-state index contributed by atoms with van der Waals surface area (Å²) in [5.74, 6) is -0.633. The van der Waals surface area contributed by atoms with Crippen molar-refractivity contribution in [1.29, 1.82) is 0 Å². The Labute approximate surface area is 92.1 Å². The molecule has 0 saturated carbocycles. The Hall–Kier alpha value is -2.24. The van der Waals surface area contributed by atoms with Gasteiger partial charge in [-0.15, -0.1) is 0 Å². The van der Waals surface area contributed by atoms with Crippen LogP contribution in [0.4, 0.5) is 0 Å². The fourth-order valence-electron chi connectivity index (χ4n) is 0.934. The Kier molecular flexibility index (Phi) is 4.14. The Morgan fingerprint density at radius 3 is 2.94 bits per heavy atom. The topological polar surface area (TPSA) is 94.6 Å². The minimum atomic E-state index is -0.675. The molecule has 0 aliphatic carbocycles. The van der Waals surface area contributed by atoms with Crippen LogP contribution in [0.2, 0.25) is 0 Å². The number of methoxy groups -OCH3 is 1. The van der Waals surface area contributed by atoms with Gasteiger partial charge in [0.1, 0.15) is 11.5 Å². The van der Waals surface area contributed by atoms with Crippen LogP contribution in [0.1, 0.15) is 5.76 Å². The summed E-state index contributed by atoms with van der Waals surface area (Å²) in [5.41, 5.74) is 5.14. The molecule has 1 aromatic heterocycles. The molecule has 0 aliphatic rings. The fourth-order valence-corrected chi connectivity index (χ4v) is 0.934. The second kappa shape index (κ2) is 5.59. The first-order valence-corrected chi connectivity index (χ1v) is 4.49. The molecule has 6 heteroatoms. The molecular formula is C10H12N2O4. The van der Waals surface area contributed by atoms with Gasteiger partial charge in [-0.2, -0.15) is 0 Å². The summed E-state index contributed by atoms with van der Waals surface area (Å²) in [5, 5.41) is 2.48. The molecular weight excluding hydrogens is 212 g/mol. The van der Waals surface area contributed by atoms with Crippen molar-refractivity contribution in [3.63, 3.8) is 0 Å². The third-order valence-corrected chi connectivity index (χ3v) is 1.74. The van der Waals surface area contributed by atoms with Crippen molar-refractivity contribution in [2.24, 2.45) is 5.73 Å². The van der Waals surface area contributed by atoms with E-state index >= 15 is 0 Å². The Morgan fingerprint density at radius 1 is 1.62 bits per heavy atom. The van der Waals surface area contributed by atoms with Gasteiger partial charge in [-0.05, 0) is 12.1 Å². The molecule has 0 bridgehead atoms. The first kappa shape index (κ1) is 11.8. The zero-order valence-electron chi connectivity index (χ0n) is 8.73. The quantitative estimate of drug-likeness (QED) is 0.550. The van der Waals surface area contributed by atoms with Crippen LogP contribution in [0, 0.1) is 0 Å². The molecule has 86 valence electrons. The highest BCUT2D eigenvalue weighted by molar-refractivity contribution is 5.98. The molecule has 1 heterocycles. The van der Waals surface area contributed by atoms with Crippen molar-refractivity contribution >= 4 is 11.9 Å². The van der Waals surface area contributed by atoms with E-state index in [2.05, 4.69) is 10.1 Å². The molecule has 0 unspecified atom stereocenters. The zero-order valence-corrected chi connectivity index (χ0v) is 8.73. The highest BCUT2D eigenvalue weighted by atomic mass is 16.5. The molecule has 0 aliphatic heterocycles. The number of nitrogens with one attached hydrogen (secondary N) is 1. The standard InChI is InChI=1S/C10H12N2O4/c1-15-9(13)5-8(11)10(14)12-6-7-3-2-4-16-7/h2-5H,6,11H2,1H3,(H,12,14)/b8-5-. The average Bonchev–Trinajstić information content (AvgIpc) is 2.78. The SMILES string of the molecule is COC(=O)/C=C(\N)C(=O)NCc1ccco1. The van der Waals surface area contributed by atoms with Gasteiger partial charge in [-0.25, -0.2) is 4.79 Å². The number of esters is 1. The average molecular weight is 224 g/mol. The lowest BCUT2D eigenvalue weighted by Crippen LogP contribution is -2.28. The van der Waals surface area contributed by atoms with E-state index in [0.717, 1.165) is 6.08 Å². The molecule has 0 fully saturated rings. The predicted molar refractivity (Wildman–Crippen MR) is 54.8 cm³/mol. The molecule has 1 amide bonds. The molecule has 0 atom stereocenters. The highest BCUT2D eigenvalue weighted by Gasteiger charge is 2.07. The van der Waals surface area contributed by atoms with Crippen LogP contribution >= 0.6 is 0 Å². The lowest BCUT2D eigenvalue weighted by Gasteiger charge is -2.02.